The molecule has 1 unspecified atom stereocenters. The van der Waals surface area contributed by atoms with E-state index in [2.05, 4.69) is 21.8 Å². The van der Waals surface area contributed by atoms with Crippen molar-refractivity contribution in [2.75, 3.05) is 24.1 Å². The molecule has 1 aliphatic rings. The van der Waals surface area contributed by atoms with Gasteiger partial charge in [-0.1, -0.05) is 36.4 Å². The van der Waals surface area contributed by atoms with Gasteiger partial charge in [-0.3, -0.25) is 14.4 Å². The van der Waals surface area contributed by atoms with Crippen LogP contribution in [-0.2, 0) is 23.0 Å². The van der Waals surface area contributed by atoms with E-state index in [0.717, 1.165) is 25.8 Å². The number of ketones is 1. The molecule has 0 amide bonds. The third kappa shape index (κ3) is 5.64. The Morgan fingerprint density at radius 1 is 1.14 bits per heavy atom. The highest BCUT2D eigenvalue weighted by Crippen LogP contribution is 2.21. The summed E-state index contributed by atoms with van der Waals surface area (Å²) in [6.07, 6.45) is 1.91. The van der Waals surface area contributed by atoms with Crippen molar-refractivity contribution in [2.45, 2.75) is 31.9 Å². The van der Waals surface area contributed by atoms with Crippen LogP contribution in [0.4, 0.5) is 5.69 Å². The molecule has 6 nitrogen and oxygen atoms in total. The number of carbonyl (C=O) groups is 1. The average molecular weight is 403 g/mol. The second-order valence-electron chi connectivity index (χ2n) is 7.29. The van der Waals surface area contributed by atoms with E-state index in [9.17, 15) is 18.3 Å². The van der Waals surface area contributed by atoms with Gasteiger partial charge >= 0.3 is 0 Å². The fourth-order valence-corrected chi connectivity index (χ4v) is 4.12. The summed E-state index contributed by atoms with van der Waals surface area (Å²) >= 11 is 0. The number of aliphatic hydroxyl groups excluding tert-OH is 1. The highest BCUT2D eigenvalue weighted by molar-refractivity contribution is 7.92. The van der Waals surface area contributed by atoms with Crippen LogP contribution < -0.4 is 4.72 Å². The lowest BCUT2D eigenvalue weighted by atomic mass is 9.99. The standard InChI is InChI=1S/C21H26N2O4S/c1-28(26,27)22-20-9-5-4-8-19(20)21(25)11-10-18(24)15-23-13-12-16-6-2-3-7-17(16)14-23/h2-9,18,22,24H,10-15H2,1H3. The fraction of sp³-hybridized carbons (Fsp3) is 0.381. The number of Topliss-reactive ketones (excluding diaryl/α,β-unsaturated/α-hetero) is 1. The van der Waals surface area contributed by atoms with Crippen LogP contribution in [0.15, 0.2) is 48.5 Å². The van der Waals surface area contributed by atoms with Crippen molar-refractivity contribution in [3.05, 3.63) is 65.2 Å². The van der Waals surface area contributed by atoms with E-state index in [-0.39, 0.29) is 17.9 Å². The number of anilines is 1. The molecule has 28 heavy (non-hydrogen) atoms. The number of carbonyl (C=O) groups excluding carboxylic acids is 1. The first kappa shape index (κ1) is 20.5. The van der Waals surface area contributed by atoms with Crippen LogP contribution >= 0.6 is 0 Å². The molecule has 1 atom stereocenters. The molecule has 0 fully saturated rings. The lowest BCUT2D eigenvalue weighted by molar-refractivity contribution is 0.0837. The lowest BCUT2D eigenvalue weighted by Crippen LogP contribution is -2.36. The number of fused-ring (bicyclic) bond motifs is 1. The molecule has 1 aliphatic heterocycles. The summed E-state index contributed by atoms with van der Waals surface area (Å²) in [5, 5.41) is 10.4. The van der Waals surface area contributed by atoms with E-state index in [4.69, 9.17) is 0 Å². The topological polar surface area (TPSA) is 86.7 Å². The molecular weight excluding hydrogens is 376 g/mol. The van der Waals surface area contributed by atoms with Gasteiger partial charge in [0.1, 0.15) is 0 Å². The van der Waals surface area contributed by atoms with Crippen molar-refractivity contribution in [1.29, 1.82) is 0 Å². The van der Waals surface area contributed by atoms with E-state index in [1.54, 1.807) is 24.3 Å². The Labute approximate surface area is 166 Å². The molecule has 3 rings (SSSR count). The molecule has 2 aromatic carbocycles. The van der Waals surface area contributed by atoms with Crippen LogP contribution in [0.1, 0.15) is 34.3 Å². The monoisotopic (exact) mass is 402 g/mol. The summed E-state index contributed by atoms with van der Waals surface area (Å²) < 4.78 is 25.3. The van der Waals surface area contributed by atoms with Gasteiger partial charge in [0.25, 0.3) is 0 Å². The number of hydrogen-bond acceptors (Lipinski definition) is 5. The lowest BCUT2D eigenvalue weighted by Gasteiger charge is -2.30. The number of sulfonamides is 1. The van der Waals surface area contributed by atoms with E-state index in [1.165, 1.54) is 11.1 Å². The number of benzene rings is 2. The van der Waals surface area contributed by atoms with Crippen LogP contribution in [-0.4, -0.2) is 49.7 Å². The number of nitrogens with one attached hydrogen (secondary N) is 1. The SMILES string of the molecule is CS(=O)(=O)Nc1ccccc1C(=O)CCC(O)CN1CCc2ccccc2C1. The summed E-state index contributed by atoms with van der Waals surface area (Å²) in [6, 6.07) is 14.9. The molecule has 0 saturated carbocycles. The van der Waals surface area contributed by atoms with Gasteiger partial charge in [-0.2, -0.15) is 0 Å². The van der Waals surface area contributed by atoms with Crippen LogP contribution in [0.25, 0.3) is 0 Å². The maximum absolute atomic E-state index is 12.6. The van der Waals surface area contributed by atoms with Gasteiger partial charge in [-0.05, 0) is 36.1 Å². The zero-order chi connectivity index (χ0) is 20.1. The Hall–Kier alpha value is -2.22. The van der Waals surface area contributed by atoms with Gasteiger partial charge in [0.2, 0.25) is 10.0 Å². The van der Waals surface area contributed by atoms with Crippen molar-refractivity contribution in [3.63, 3.8) is 0 Å². The molecule has 2 N–H and O–H groups in total. The Morgan fingerprint density at radius 2 is 1.82 bits per heavy atom. The molecule has 2 aromatic rings. The molecule has 7 heteroatoms. The molecule has 0 aromatic heterocycles. The number of para-hydroxylation sites is 1. The van der Waals surface area contributed by atoms with Gasteiger partial charge in [-0.25, -0.2) is 8.42 Å². The van der Waals surface area contributed by atoms with Crippen LogP contribution in [0, 0.1) is 0 Å². The van der Waals surface area contributed by atoms with Crippen LogP contribution in [0.3, 0.4) is 0 Å². The second-order valence-corrected chi connectivity index (χ2v) is 9.04. The molecule has 0 radical (unpaired) electrons. The summed E-state index contributed by atoms with van der Waals surface area (Å²) in [6.45, 7) is 2.22. The number of β-amino-alcohol motifs (C(OH)–C–C–N with tert-alkyl or cyclic N) is 1. The second kappa shape index (κ2) is 8.86. The first-order valence-electron chi connectivity index (χ1n) is 9.39. The van der Waals surface area contributed by atoms with Gasteiger partial charge in [-0.15, -0.1) is 0 Å². The van der Waals surface area contributed by atoms with Crippen LogP contribution in [0.2, 0.25) is 0 Å². The summed E-state index contributed by atoms with van der Waals surface area (Å²) in [7, 11) is -3.47. The highest BCUT2D eigenvalue weighted by Gasteiger charge is 2.20. The van der Waals surface area contributed by atoms with Gasteiger partial charge in [0.05, 0.1) is 18.0 Å². The van der Waals surface area contributed by atoms with Crippen LogP contribution in [0.5, 0.6) is 0 Å². The summed E-state index contributed by atoms with van der Waals surface area (Å²) in [5.74, 6) is -0.185. The predicted octanol–water partition coefficient (Wildman–Crippen LogP) is 2.44. The third-order valence-corrected chi connectivity index (χ3v) is 5.50. The maximum Gasteiger partial charge on any atom is 0.229 e. The molecule has 1 heterocycles. The first-order chi connectivity index (χ1) is 13.3. The van der Waals surface area contributed by atoms with Crippen molar-refractivity contribution in [1.82, 2.24) is 4.90 Å². The highest BCUT2D eigenvalue weighted by atomic mass is 32.2. The summed E-state index contributed by atoms with van der Waals surface area (Å²) in [5.41, 5.74) is 3.25. The molecule has 0 saturated heterocycles. The molecular formula is C21H26N2O4S. The minimum Gasteiger partial charge on any atom is -0.392 e. The molecule has 0 aliphatic carbocycles. The molecule has 150 valence electrons. The first-order valence-corrected chi connectivity index (χ1v) is 11.3. The zero-order valence-corrected chi connectivity index (χ0v) is 16.8. The van der Waals surface area contributed by atoms with Gasteiger partial charge in [0.15, 0.2) is 5.78 Å². The van der Waals surface area contributed by atoms with Crippen molar-refractivity contribution in [2.24, 2.45) is 0 Å². The van der Waals surface area contributed by atoms with Gasteiger partial charge in [0, 0.05) is 31.6 Å². The Kier molecular flexibility index (Phi) is 6.49. The third-order valence-electron chi connectivity index (χ3n) is 4.91. The molecule has 0 bridgehead atoms. The Bertz CT molecular complexity index is 943. The van der Waals surface area contributed by atoms with Gasteiger partial charge < -0.3 is 5.11 Å². The van der Waals surface area contributed by atoms with E-state index >= 15 is 0 Å². The smallest absolute Gasteiger partial charge is 0.229 e. The van der Waals surface area contributed by atoms with E-state index < -0.39 is 16.1 Å². The minimum atomic E-state index is -3.47. The Balaban J connectivity index is 1.54. The Morgan fingerprint density at radius 3 is 2.57 bits per heavy atom. The summed E-state index contributed by atoms with van der Waals surface area (Å²) in [4.78, 5) is 14.8. The number of nitrogens with zero attached hydrogens (tertiary/aromatic N) is 1. The largest absolute Gasteiger partial charge is 0.392 e. The fourth-order valence-electron chi connectivity index (χ4n) is 3.55. The van der Waals surface area contributed by atoms with Crippen molar-refractivity contribution in [3.8, 4) is 0 Å². The van der Waals surface area contributed by atoms with E-state index in [1.807, 2.05) is 12.1 Å². The maximum atomic E-state index is 12.6. The predicted molar refractivity (Wildman–Crippen MR) is 110 cm³/mol. The average Bonchev–Trinajstić information content (AvgIpc) is 2.65. The normalized spacial score (nSPS) is 15.6. The van der Waals surface area contributed by atoms with Crippen molar-refractivity contribution < 1.29 is 18.3 Å². The molecule has 0 spiro atoms. The van der Waals surface area contributed by atoms with Crippen molar-refractivity contribution >= 4 is 21.5 Å². The quantitative estimate of drug-likeness (QED) is 0.663. The minimum absolute atomic E-state index is 0.161. The number of rotatable bonds is 8. The zero-order valence-electron chi connectivity index (χ0n) is 16.0. The van der Waals surface area contributed by atoms with E-state index in [0.29, 0.717) is 18.5 Å². The number of aliphatic hydroxyl groups is 1. The number of hydrogen-bond donors (Lipinski definition) is 2.